The molecule has 0 spiro atoms. The lowest BCUT2D eigenvalue weighted by Gasteiger charge is -2.14. The maximum atomic E-state index is 11.9. The third-order valence-electron chi connectivity index (χ3n) is 2.78. The number of nitrogens with two attached hydrogens (primary N) is 1. The minimum Gasteiger partial charge on any atom is -0.381 e. The number of rotatable bonds is 5. The number of carbonyl (C=O) groups excluding carboxylic acids is 1. The number of carbonyl (C=O) groups is 1. The molecule has 21 heavy (non-hydrogen) atoms. The zero-order valence-electron chi connectivity index (χ0n) is 11.4. The van der Waals surface area contributed by atoms with Gasteiger partial charge in [0.1, 0.15) is 5.03 Å². The Morgan fingerprint density at radius 1 is 1.33 bits per heavy atom. The van der Waals surface area contributed by atoms with E-state index in [0.717, 1.165) is 10.0 Å². The van der Waals surface area contributed by atoms with Gasteiger partial charge in [-0.3, -0.25) is 4.79 Å². The number of thioether (sulfide) groups is 1. The average Bonchev–Trinajstić information content (AvgIpc) is 2.47. The Hall–Kier alpha value is -1.60. The molecule has 0 radical (unpaired) electrons. The van der Waals surface area contributed by atoms with Crippen molar-refractivity contribution < 1.29 is 4.79 Å². The molecule has 1 atom stereocenters. The number of hydrogen-bond acceptors (Lipinski definition) is 5. The summed E-state index contributed by atoms with van der Waals surface area (Å²) < 4.78 is 1.01. The summed E-state index contributed by atoms with van der Waals surface area (Å²) >= 11 is 4.66. The van der Waals surface area contributed by atoms with Crippen molar-refractivity contribution in [3.63, 3.8) is 0 Å². The van der Waals surface area contributed by atoms with Crippen LogP contribution in [0.1, 0.15) is 18.5 Å². The predicted octanol–water partition coefficient (Wildman–Crippen LogP) is 2.79. The summed E-state index contributed by atoms with van der Waals surface area (Å²) in [6.07, 6.45) is 3.08. The van der Waals surface area contributed by atoms with Crippen molar-refractivity contribution in [1.82, 2.24) is 15.3 Å². The van der Waals surface area contributed by atoms with Gasteiger partial charge in [-0.1, -0.05) is 39.8 Å². The van der Waals surface area contributed by atoms with Crippen molar-refractivity contribution in [2.75, 3.05) is 11.5 Å². The fraction of sp³-hybridized carbons (Fsp3) is 0.214. The average molecular weight is 367 g/mol. The molecule has 2 rings (SSSR count). The molecular weight excluding hydrogens is 352 g/mol. The molecule has 0 saturated carbocycles. The second kappa shape index (κ2) is 7.42. The quantitative estimate of drug-likeness (QED) is 0.795. The van der Waals surface area contributed by atoms with Crippen LogP contribution in [0.4, 0.5) is 5.82 Å². The fourth-order valence-electron chi connectivity index (χ4n) is 1.70. The van der Waals surface area contributed by atoms with E-state index in [2.05, 4.69) is 31.2 Å². The summed E-state index contributed by atoms with van der Waals surface area (Å²) in [5.74, 6) is 0.528. The zero-order valence-corrected chi connectivity index (χ0v) is 13.8. The van der Waals surface area contributed by atoms with E-state index >= 15 is 0 Å². The molecule has 0 saturated heterocycles. The van der Waals surface area contributed by atoms with Gasteiger partial charge >= 0.3 is 0 Å². The summed E-state index contributed by atoms with van der Waals surface area (Å²) in [6.45, 7) is 1.95. The van der Waals surface area contributed by atoms with Crippen molar-refractivity contribution in [1.29, 1.82) is 0 Å². The van der Waals surface area contributed by atoms with E-state index in [9.17, 15) is 4.79 Å². The molecule has 5 nitrogen and oxygen atoms in total. The number of amides is 1. The van der Waals surface area contributed by atoms with Gasteiger partial charge in [-0.2, -0.15) is 0 Å². The minimum atomic E-state index is -0.0690. The molecule has 0 bridgehead atoms. The highest BCUT2D eigenvalue weighted by atomic mass is 79.9. The van der Waals surface area contributed by atoms with Gasteiger partial charge in [-0.25, -0.2) is 9.97 Å². The van der Waals surface area contributed by atoms with Gasteiger partial charge in [0.2, 0.25) is 5.91 Å². The molecule has 110 valence electrons. The van der Waals surface area contributed by atoms with Crippen LogP contribution in [0.2, 0.25) is 0 Å². The van der Waals surface area contributed by atoms with Crippen LogP contribution in [0.15, 0.2) is 46.2 Å². The monoisotopic (exact) mass is 366 g/mol. The molecule has 2 aromatic rings. The van der Waals surface area contributed by atoms with Gasteiger partial charge in [0.25, 0.3) is 0 Å². The lowest BCUT2D eigenvalue weighted by molar-refractivity contribution is -0.119. The second-order valence-electron chi connectivity index (χ2n) is 4.38. The van der Waals surface area contributed by atoms with E-state index in [0.29, 0.717) is 10.8 Å². The number of halogens is 1. The third kappa shape index (κ3) is 4.71. The van der Waals surface area contributed by atoms with E-state index in [1.54, 1.807) is 6.20 Å². The van der Waals surface area contributed by atoms with Gasteiger partial charge < -0.3 is 11.1 Å². The van der Waals surface area contributed by atoms with E-state index in [4.69, 9.17) is 5.73 Å². The molecule has 0 aliphatic carbocycles. The first-order valence-corrected chi connectivity index (χ1v) is 8.08. The standard InChI is InChI=1S/C14H15BrN4OS/c1-9(10-2-4-11(15)5-3-10)19-12(20)8-21-14-13(16)17-6-7-18-14/h2-7,9H,8H2,1H3,(H2,16,17)(H,19,20). The molecule has 1 aromatic carbocycles. The van der Waals surface area contributed by atoms with E-state index in [-0.39, 0.29) is 17.7 Å². The Labute approximate surface area is 135 Å². The molecule has 1 aromatic heterocycles. The topological polar surface area (TPSA) is 80.9 Å². The summed E-state index contributed by atoms with van der Waals surface area (Å²) in [4.78, 5) is 20.0. The van der Waals surface area contributed by atoms with Crippen molar-refractivity contribution in [3.8, 4) is 0 Å². The maximum absolute atomic E-state index is 11.9. The molecule has 1 unspecified atom stereocenters. The lowest BCUT2D eigenvalue weighted by Crippen LogP contribution is -2.28. The van der Waals surface area contributed by atoms with Crippen LogP contribution in [0.5, 0.6) is 0 Å². The van der Waals surface area contributed by atoms with Crippen molar-refractivity contribution in [2.24, 2.45) is 0 Å². The number of aromatic nitrogens is 2. The third-order valence-corrected chi connectivity index (χ3v) is 4.30. The van der Waals surface area contributed by atoms with Gasteiger partial charge in [-0.05, 0) is 24.6 Å². The summed E-state index contributed by atoms with van der Waals surface area (Å²) in [7, 11) is 0. The van der Waals surface area contributed by atoms with Gasteiger partial charge in [-0.15, -0.1) is 0 Å². The minimum absolute atomic E-state index is 0.0506. The first kappa shape index (κ1) is 15.8. The van der Waals surface area contributed by atoms with E-state index in [1.807, 2.05) is 31.2 Å². The van der Waals surface area contributed by atoms with Crippen LogP contribution in [0, 0.1) is 0 Å². The smallest absolute Gasteiger partial charge is 0.230 e. The molecule has 7 heteroatoms. The SMILES string of the molecule is CC(NC(=O)CSc1nccnc1N)c1ccc(Br)cc1. The number of nitrogens with one attached hydrogen (secondary N) is 1. The zero-order chi connectivity index (χ0) is 15.2. The molecule has 1 amide bonds. The molecular formula is C14H15BrN4OS. The van der Waals surface area contributed by atoms with Gasteiger partial charge in [0.15, 0.2) is 5.82 Å². The van der Waals surface area contributed by atoms with Crippen LogP contribution < -0.4 is 11.1 Å². The summed E-state index contributed by atoms with van der Waals surface area (Å²) in [5, 5.41) is 3.51. The fourth-order valence-corrected chi connectivity index (χ4v) is 2.65. The van der Waals surface area contributed by atoms with Crippen LogP contribution in [-0.4, -0.2) is 21.6 Å². The first-order chi connectivity index (χ1) is 10.1. The predicted molar refractivity (Wildman–Crippen MR) is 87.9 cm³/mol. The van der Waals surface area contributed by atoms with Crippen molar-refractivity contribution in [3.05, 3.63) is 46.7 Å². The van der Waals surface area contributed by atoms with E-state index < -0.39 is 0 Å². The Morgan fingerprint density at radius 2 is 2.00 bits per heavy atom. The van der Waals surface area contributed by atoms with Crippen LogP contribution in [0.25, 0.3) is 0 Å². The lowest BCUT2D eigenvalue weighted by atomic mass is 10.1. The molecule has 0 aliphatic heterocycles. The Kier molecular flexibility index (Phi) is 5.58. The summed E-state index contributed by atoms with van der Waals surface area (Å²) in [5.41, 5.74) is 6.73. The first-order valence-electron chi connectivity index (χ1n) is 6.30. The summed E-state index contributed by atoms with van der Waals surface area (Å²) in [6, 6.07) is 7.80. The van der Waals surface area contributed by atoms with Crippen molar-refractivity contribution >= 4 is 39.4 Å². The maximum Gasteiger partial charge on any atom is 0.230 e. The highest BCUT2D eigenvalue weighted by Gasteiger charge is 2.11. The van der Waals surface area contributed by atoms with E-state index in [1.165, 1.54) is 18.0 Å². The highest BCUT2D eigenvalue weighted by Crippen LogP contribution is 2.20. The molecule has 0 fully saturated rings. The number of anilines is 1. The van der Waals surface area contributed by atoms with Crippen LogP contribution in [-0.2, 0) is 4.79 Å². The number of benzene rings is 1. The second-order valence-corrected chi connectivity index (χ2v) is 6.26. The molecule has 1 heterocycles. The number of nitrogen functional groups attached to an aromatic ring is 1. The Morgan fingerprint density at radius 3 is 2.67 bits per heavy atom. The largest absolute Gasteiger partial charge is 0.381 e. The Balaban J connectivity index is 1.87. The molecule has 0 aliphatic rings. The van der Waals surface area contributed by atoms with Gasteiger partial charge in [0, 0.05) is 16.9 Å². The van der Waals surface area contributed by atoms with Crippen LogP contribution >= 0.6 is 27.7 Å². The van der Waals surface area contributed by atoms with Crippen molar-refractivity contribution in [2.45, 2.75) is 18.0 Å². The normalized spacial score (nSPS) is 11.9. The highest BCUT2D eigenvalue weighted by molar-refractivity contribution is 9.10. The molecule has 3 N–H and O–H groups in total. The Bertz CT molecular complexity index is 621. The number of nitrogens with zero attached hydrogens (tertiary/aromatic N) is 2. The van der Waals surface area contributed by atoms with Crippen LogP contribution in [0.3, 0.4) is 0 Å². The number of hydrogen-bond donors (Lipinski definition) is 2. The van der Waals surface area contributed by atoms with Gasteiger partial charge in [0.05, 0.1) is 11.8 Å².